The Morgan fingerprint density at radius 2 is 2.27 bits per heavy atom. The van der Waals surface area contributed by atoms with Crippen molar-refractivity contribution in [2.75, 3.05) is 5.32 Å². The highest BCUT2D eigenvalue weighted by atomic mass is 35.5. The number of aromatic nitrogens is 2. The fourth-order valence-corrected chi connectivity index (χ4v) is 2.98. The lowest BCUT2D eigenvalue weighted by Gasteiger charge is -2.05. The van der Waals surface area contributed by atoms with E-state index < -0.39 is 10.8 Å². The first-order valence-electron chi connectivity index (χ1n) is 6.14. The van der Waals surface area contributed by atoms with E-state index in [1.807, 2.05) is 16.7 Å². The number of hydrogen-bond acceptors (Lipinski definition) is 5. The van der Waals surface area contributed by atoms with Gasteiger partial charge in [0.15, 0.2) is 4.96 Å². The number of nitro benzene ring substituents is 1. The summed E-state index contributed by atoms with van der Waals surface area (Å²) in [4.78, 5) is 27.2. The van der Waals surface area contributed by atoms with Gasteiger partial charge in [0.1, 0.15) is 5.69 Å². The number of imidazole rings is 1. The number of carbonyl (C=O) groups is 1. The predicted molar refractivity (Wildman–Crippen MR) is 83.9 cm³/mol. The number of hydrogen-bond donors (Lipinski definition) is 1. The van der Waals surface area contributed by atoms with Crippen LogP contribution < -0.4 is 5.32 Å². The summed E-state index contributed by atoms with van der Waals surface area (Å²) in [7, 11) is 0. The first-order valence-corrected chi connectivity index (χ1v) is 7.40. The fourth-order valence-electron chi connectivity index (χ4n) is 1.91. The van der Waals surface area contributed by atoms with Gasteiger partial charge in [0, 0.05) is 29.4 Å². The molecule has 22 heavy (non-hydrogen) atoms. The van der Waals surface area contributed by atoms with Crippen molar-refractivity contribution in [1.29, 1.82) is 0 Å². The molecule has 0 aliphatic rings. The molecule has 9 heteroatoms. The quantitative estimate of drug-likeness (QED) is 0.585. The zero-order chi connectivity index (χ0) is 15.9. The minimum absolute atomic E-state index is 0.0970. The number of rotatable bonds is 3. The van der Waals surface area contributed by atoms with Gasteiger partial charge in [0.2, 0.25) is 0 Å². The summed E-state index contributed by atoms with van der Waals surface area (Å²) in [5.74, 6) is -0.425. The van der Waals surface area contributed by atoms with Crippen LogP contribution in [0.25, 0.3) is 4.96 Å². The van der Waals surface area contributed by atoms with Crippen LogP contribution in [0.3, 0.4) is 0 Å². The van der Waals surface area contributed by atoms with E-state index >= 15 is 0 Å². The number of nitrogens with one attached hydrogen (secondary N) is 1. The molecule has 0 saturated carbocycles. The van der Waals surface area contributed by atoms with Crippen molar-refractivity contribution in [1.82, 2.24) is 9.38 Å². The number of aryl methyl sites for hydroxylation is 1. The topological polar surface area (TPSA) is 89.5 Å². The zero-order valence-electron chi connectivity index (χ0n) is 11.2. The first-order chi connectivity index (χ1) is 10.5. The van der Waals surface area contributed by atoms with Crippen molar-refractivity contribution in [3.8, 4) is 0 Å². The second-order valence-electron chi connectivity index (χ2n) is 4.53. The summed E-state index contributed by atoms with van der Waals surface area (Å²) < 4.78 is 1.82. The largest absolute Gasteiger partial charge is 0.319 e. The number of halogens is 1. The third kappa shape index (κ3) is 2.53. The molecule has 3 rings (SSSR count). The van der Waals surface area contributed by atoms with Crippen LogP contribution in [-0.2, 0) is 0 Å². The third-order valence-corrected chi connectivity index (χ3v) is 4.30. The van der Waals surface area contributed by atoms with Crippen molar-refractivity contribution >= 4 is 45.2 Å². The Morgan fingerprint density at radius 3 is 2.91 bits per heavy atom. The van der Waals surface area contributed by atoms with Gasteiger partial charge in [0.25, 0.3) is 11.6 Å². The molecule has 0 aliphatic carbocycles. The number of anilines is 1. The molecule has 1 N–H and O–H groups in total. The molecule has 7 nitrogen and oxygen atoms in total. The van der Waals surface area contributed by atoms with Crippen molar-refractivity contribution < 1.29 is 9.72 Å². The molecule has 2 aromatic heterocycles. The third-order valence-electron chi connectivity index (χ3n) is 3.03. The number of thiazole rings is 1. The number of benzene rings is 1. The molecule has 2 heterocycles. The molecule has 0 spiro atoms. The number of carbonyl (C=O) groups excluding carboxylic acids is 1. The Balaban J connectivity index is 1.86. The molecule has 112 valence electrons. The molecule has 1 aromatic carbocycles. The van der Waals surface area contributed by atoms with Gasteiger partial charge in [-0.25, -0.2) is 4.98 Å². The maximum atomic E-state index is 12.2. The van der Waals surface area contributed by atoms with Gasteiger partial charge in [-0.3, -0.25) is 19.3 Å². The normalized spacial score (nSPS) is 10.8. The van der Waals surface area contributed by atoms with E-state index in [2.05, 4.69) is 10.3 Å². The molecule has 0 unspecified atom stereocenters. The smallest absolute Gasteiger partial charge is 0.275 e. The molecular formula is C13H9ClN4O3S. The molecule has 0 atom stereocenters. The number of non-ortho nitro benzene ring substituents is 1. The number of amides is 1. The lowest BCUT2D eigenvalue weighted by molar-refractivity contribution is -0.384. The van der Waals surface area contributed by atoms with E-state index in [0.29, 0.717) is 5.69 Å². The highest BCUT2D eigenvalue weighted by molar-refractivity contribution is 7.15. The number of nitro groups is 1. The number of fused-ring (bicyclic) bond motifs is 1. The van der Waals surface area contributed by atoms with Crippen LogP contribution in [0.15, 0.2) is 29.8 Å². The van der Waals surface area contributed by atoms with Crippen molar-refractivity contribution in [2.24, 2.45) is 0 Å². The maximum absolute atomic E-state index is 12.2. The SMILES string of the molecule is Cc1csc2nc(C(=O)Nc3ccc([N+](=O)[O-])cc3Cl)cn12. The van der Waals surface area contributed by atoms with Gasteiger partial charge in [-0.2, -0.15) is 0 Å². The van der Waals surface area contributed by atoms with Gasteiger partial charge in [-0.05, 0) is 13.0 Å². The first kappa shape index (κ1) is 14.5. The van der Waals surface area contributed by atoms with Gasteiger partial charge < -0.3 is 5.32 Å². The monoisotopic (exact) mass is 336 g/mol. The van der Waals surface area contributed by atoms with Crippen molar-refractivity contribution in [2.45, 2.75) is 6.92 Å². The summed E-state index contributed by atoms with van der Waals surface area (Å²) in [6.07, 6.45) is 1.63. The number of nitrogens with zero attached hydrogens (tertiary/aromatic N) is 3. The highest BCUT2D eigenvalue weighted by Crippen LogP contribution is 2.27. The Labute approximate surface area is 133 Å². The Morgan fingerprint density at radius 1 is 1.50 bits per heavy atom. The van der Waals surface area contributed by atoms with Gasteiger partial charge >= 0.3 is 0 Å². The summed E-state index contributed by atoms with van der Waals surface area (Å²) in [6, 6.07) is 3.85. The molecule has 0 radical (unpaired) electrons. The molecule has 0 aliphatic heterocycles. The zero-order valence-corrected chi connectivity index (χ0v) is 12.8. The predicted octanol–water partition coefficient (Wildman–Crippen LogP) is 3.52. The lowest BCUT2D eigenvalue weighted by Crippen LogP contribution is -2.12. The van der Waals surface area contributed by atoms with E-state index in [1.54, 1.807) is 6.20 Å². The van der Waals surface area contributed by atoms with Crippen LogP contribution in [0.5, 0.6) is 0 Å². The van der Waals surface area contributed by atoms with Crippen LogP contribution in [0.1, 0.15) is 16.2 Å². The summed E-state index contributed by atoms with van der Waals surface area (Å²) in [5.41, 5.74) is 1.40. The molecule has 0 saturated heterocycles. The summed E-state index contributed by atoms with van der Waals surface area (Å²) in [5, 5.41) is 15.3. The van der Waals surface area contributed by atoms with Gasteiger partial charge in [0.05, 0.1) is 15.6 Å². The second-order valence-corrected chi connectivity index (χ2v) is 5.77. The molecular weight excluding hydrogens is 328 g/mol. The molecule has 0 bridgehead atoms. The average Bonchev–Trinajstić information content (AvgIpc) is 3.03. The van der Waals surface area contributed by atoms with E-state index in [9.17, 15) is 14.9 Å². The van der Waals surface area contributed by atoms with E-state index in [-0.39, 0.29) is 16.4 Å². The van der Waals surface area contributed by atoms with E-state index in [4.69, 9.17) is 11.6 Å². The minimum atomic E-state index is -0.552. The minimum Gasteiger partial charge on any atom is -0.319 e. The van der Waals surface area contributed by atoms with E-state index in [0.717, 1.165) is 10.7 Å². The standard InChI is InChI=1S/C13H9ClN4O3S/c1-7-6-22-13-16-11(5-17(7)13)12(19)15-10-3-2-8(18(20)21)4-9(10)14/h2-6H,1H3,(H,15,19). The van der Waals surface area contributed by atoms with Crippen molar-refractivity contribution in [3.05, 3.63) is 56.3 Å². The fraction of sp³-hybridized carbons (Fsp3) is 0.0769. The Hall–Kier alpha value is -2.45. The van der Waals surface area contributed by atoms with E-state index in [1.165, 1.54) is 29.5 Å². The Kier molecular flexibility index (Phi) is 3.55. The van der Waals surface area contributed by atoms with Crippen LogP contribution >= 0.6 is 22.9 Å². The lowest BCUT2D eigenvalue weighted by atomic mass is 10.2. The molecule has 0 fully saturated rings. The van der Waals surface area contributed by atoms with Crippen LogP contribution in [0.4, 0.5) is 11.4 Å². The maximum Gasteiger partial charge on any atom is 0.275 e. The average molecular weight is 337 g/mol. The Bertz CT molecular complexity index is 902. The van der Waals surface area contributed by atoms with Gasteiger partial charge in [-0.15, -0.1) is 11.3 Å². The van der Waals surface area contributed by atoms with Crippen LogP contribution in [0.2, 0.25) is 5.02 Å². The van der Waals surface area contributed by atoms with Crippen molar-refractivity contribution in [3.63, 3.8) is 0 Å². The van der Waals surface area contributed by atoms with Gasteiger partial charge in [-0.1, -0.05) is 11.6 Å². The highest BCUT2D eigenvalue weighted by Gasteiger charge is 2.16. The van der Waals surface area contributed by atoms with Crippen LogP contribution in [-0.4, -0.2) is 20.2 Å². The summed E-state index contributed by atoms with van der Waals surface area (Å²) in [6.45, 7) is 1.92. The summed E-state index contributed by atoms with van der Waals surface area (Å²) >= 11 is 7.38. The molecule has 1 amide bonds. The van der Waals surface area contributed by atoms with Crippen LogP contribution in [0, 0.1) is 17.0 Å². The molecule has 3 aromatic rings. The second kappa shape index (κ2) is 5.39.